The molecule has 2 aromatic carbocycles. The Balaban J connectivity index is 1.45. The van der Waals surface area contributed by atoms with Crippen molar-refractivity contribution in [3.63, 3.8) is 0 Å². The Morgan fingerprint density at radius 1 is 1.23 bits per heavy atom. The molecule has 0 aromatic heterocycles. The van der Waals surface area contributed by atoms with Crippen LogP contribution in [0.5, 0.6) is 17.2 Å². The molecule has 1 amide bonds. The molecule has 2 heterocycles. The lowest BCUT2D eigenvalue weighted by molar-refractivity contribution is -0.138. The summed E-state index contributed by atoms with van der Waals surface area (Å²) in [7, 11) is 1.64. The van der Waals surface area contributed by atoms with Crippen molar-refractivity contribution >= 4 is 18.0 Å². The molecule has 5 atom stereocenters. The third-order valence-electron chi connectivity index (χ3n) is 10.0. The quantitative estimate of drug-likeness (QED) is 0.163. The maximum Gasteiger partial charge on any atom is 0.308 e. The molecule has 2 aliphatic carbocycles. The summed E-state index contributed by atoms with van der Waals surface area (Å²) in [5.74, 6) is 2.23. The van der Waals surface area contributed by atoms with Crippen LogP contribution in [0.25, 0.3) is 6.08 Å². The highest BCUT2D eigenvalue weighted by molar-refractivity contribution is 5.92. The number of aryl methyl sites for hydroxylation is 1. The molecule has 1 saturated heterocycles. The van der Waals surface area contributed by atoms with E-state index in [1.54, 1.807) is 13.2 Å². The van der Waals surface area contributed by atoms with Crippen molar-refractivity contribution in [1.82, 2.24) is 9.80 Å². The maximum atomic E-state index is 14.0. The van der Waals surface area contributed by atoms with Gasteiger partial charge in [-0.3, -0.25) is 14.5 Å². The Morgan fingerprint density at radius 2 is 2.05 bits per heavy atom. The zero-order valence-electron chi connectivity index (χ0n) is 26.1. The summed E-state index contributed by atoms with van der Waals surface area (Å²) >= 11 is 0. The number of amides is 1. The molecular formula is C36H44N2O5. The van der Waals surface area contributed by atoms with E-state index < -0.39 is 0 Å². The first-order chi connectivity index (χ1) is 20.7. The largest absolute Gasteiger partial charge is 0.493 e. The number of piperidine rings is 1. The highest BCUT2D eigenvalue weighted by Crippen LogP contribution is 2.65. The van der Waals surface area contributed by atoms with E-state index in [4.69, 9.17) is 14.2 Å². The van der Waals surface area contributed by atoms with Crippen molar-refractivity contribution in [3.8, 4) is 17.2 Å². The van der Waals surface area contributed by atoms with Crippen LogP contribution in [0, 0.1) is 18.8 Å². The van der Waals surface area contributed by atoms with Crippen molar-refractivity contribution in [2.24, 2.45) is 11.8 Å². The van der Waals surface area contributed by atoms with E-state index in [1.807, 2.05) is 30.4 Å². The van der Waals surface area contributed by atoms with Gasteiger partial charge in [-0.05, 0) is 62.6 Å². The van der Waals surface area contributed by atoms with Crippen LogP contribution in [0.3, 0.4) is 0 Å². The number of methoxy groups -OCH3 is 1. The van der Waals surface area contributed by atoms with E-state index in [-0.39, 0.29) is 35.5 Å². The number of ether oxygens (including phenoxy) is 3. The first kappa shape index (κ1) is 29.5. The van der Waals surface area contributed by atoms with Gasteiger partial charge in [-0.2, -0.15) is 0 Å². The van der Waals surface area contributed by atoms with E-state index in [2.05, 4.69) is 49.3 Å². The van der Waals surface area contributed by atoms with Crippen LogP contribution >= 0.6 is 0 Å². The Hall–Kier alpha value is -3.58. The summed E-state index contributed by atoms with van der Waals surface area (Å²) in [6.07, 6.45) is 8.96. The van der Waals surface area contributed by atoms with Gasteiger partial charge in [0.15, 0.2) is 11.5 Å². The molecule has 0 N–H and O–H groups in total. The van der Waals surface area contributed by atoms with Gasteiger partial charge in [0.25, 0.3) is 0 Å². The summed E-state index contributed by atoms with van der Waals surface area (Å²) in [6, 6.07) is 10.2. The molecule has 43 heavy (non-hydrogen) atoms. The number of hydrogen-bond acceptors (Lipinski definition) is 6. The van der Waals surface area contributed by atoms with Crippen molar-refractivity contribution in [1.29, 1.82) is 0 Å². The van der Waals surface area contributed by atoms with Gasteiger partial charge in [0.05, 0.1) is 13.2 Å². The van der Waals surface area contributed by atoms with Gasteiger partial charge in [-0.15, -0.1) is 6.58 Å². The SMILES string of the molecule is C=CCN1CC[C@]23c4c5c(OC(C)=O)cc(OC)c4O[C@H]2[C@H](N(CC(C)C)C(=O)C=Cc2cccc(C)c2)CC[C@H]3[C@H]1C5. The van der Waals surface area contributed by atoms with E-state index in [9.17, 15) is 9.59 Å². The molecule has 0 radical (unpaired) electrons. The second kappa shape index (κ2) is 11.5. The summed E-state index contributed by atoms with van der Waals surface area (Å²) in [4.78, 5) is 30.9. The summed E-state index contributed by atoms with van der Waals surface area (Å²) in [5.41, 5.74) is 4.07. The molecule has 1 spiro atoms. The molecule has 2 bridgehead atoms. The van der Waals surface area contributed by atoms with E-state index >= 15 is 0 Å². The lowest BCUT2D eigenvalue weighted by Gasteiger charge is -2.60. The Labute approximate surface area is 255 Å². The van der Waals surface area contributed by atoms with E-state index in [0.29, 0.717) is 29.9 Å². The van der Waals surface area contributed by atoms with Crippen molar-refractivity contribution in [2.45, 2.75) is 77.0 Å². The van der Waals surface area contributed by atoms with Gasteiger partial charge in [0.2, 0.25) is 5.91 Å². The van der Waals surface area contributed by atoms with Crippen LogP contribution in [0.4, 0.5) is 0 Å². The number of benzene rings is 2. The smallest absolute Gasteiger partial charge is 0.308 e. The summed E-state index contributed by atoms with van der Waals surface area (Å²) < 4.78 is 18.7. The van der Waals surface area contributed by atoms with Crippen LogP contribution in [0.2, 0.25) is 0 Å². The van der Waals surface area contributed by atoms with Gasteiger partial charge in [-0.25, -0.2) is 0 Å². The van der Waals surface area contributed by atoms with Gasteiger partial charge < -0.3 is 19.1 Å². The van der Waals surface area contributed by atoms with E-state index in [0.717, 1.165) is 66.8 Å². The summed E-state index contributed by atoms with van der Waals surface area (Å²) in [5, 5.41) is 0. The molecule has 0 unspecified atom stereocenters. The van der Waals surface area contributed by atoms with Crippen molar-refractivity contribution in [3.05, 3.63) is 71.3 Å². The Morgan fingerprint density at radius 3 is 2.74 bits per heavy atom. The average Bonchev–Trinajstić information content (AvgIpc) is 3.31. The molecule has 4 aliphatic rings. The van der Waals surface area contributed by atoms with Gasteiger partial charge in [-0.1, -0.05) is 49.8 Å². The molecule has 2 aliphatic heterocycles. The minimum atomic E-state index is -0.350. The Kier molecular flexibility index (Phi) is 7.88. The summed E-state index contributed by atoms with van der Waals surface area (Å²) in [6.45, 7) is 14.2. The molecule has 7 nitrogen and oxygen atoms in total. The second-order valence-electron chi connectivity index (χ2n) is 13.1. The molecule has 2 aromatic rings. The fourth-order valence-corrected chi connectivity index (χ4v) is 8.57. The van der Waals surface area contributed by atoms with Gasteiger partial charge >= 0.3 is 5.97 Å². The number of esters is 1. The fourth-order valence-electron chi connectivity index (χ4n) is 8.57. The van der Waals surface area contributed by atoms with Crippen LogP contribution in [0.15, 0.2) is 49.1 Å². The lowest BCUT2D eigenvalue weighted by Crippen LogP contribution is -2.69. The van der Waals surface area contributed by atoms with Crippen molar-refractivity contribution in [2.75, 3.05) is 26.7 Å². The number of rotatable bonds is 9. The zero-order valence-corrected chi connectivity index (χ0v) is 26.1. The first-order valence-electron chi connectivity index (χ1n) is 15.7. The molecule has 1 saturated carbocycles. The normalized spacial score (nSPS) is 27.0. The zero-order chi connectivity index (χ0) is 30.5. The second-order valence-corrected chi connectivity index (χ2v) is 13.1. The predicted octanol–water partition coefficient (Wildman–Crippen LogP) is 5.72. The predicted molar refractivity (Wildman–Crippen MR) is 168 cm³/mol. The number of carbonyl (C=O) groups is 2. The highest BCUT2D eigenvalue weighted by atomic mass is 16.5. The molecule has 6 rings (SSSR count). The minimum absolute atomic E-state index is 0.0128. The third-order valence-corrected chi connectivity index (χ3v) is 10.0. The minimum Gasteiger partial charge on any atom is -0.493 e. The Bertz CT molecular complexity index is 1460. The first-order valence-corrected chi connectivity index (χ1v) is 15.7. The van der Waals surface area contributed by atoms with Crippen LogP contribution < -0.4 is 14.2 Å². The van der Waals surface area contributed by atoms with Crippen LogP contribution in [0.1, 0.15) is 62.3 Å². The van der Waals surface area contributed by atoms with Crippen LogP contribution in [-0.2, 0) is 21.4 Å². The molecule has 2 fully saturated rings. The number of hydrogen-bond donors (Lipinski definition) is 0. The van der Waals surface area contributed by atoms with Crippen molar-refractivity contribution < 1.29 is 23.8 Å². The molecular weight excluding hydrogens is 540 g/mol. The third kappa shape index (κ3) is 4.95. The highest BCUT2D eigenvalue weighted by Gasteiger charge is 2.67. The fraction of sp³-hybridized carbons (Fsp3) is 0.500. The number of nitrogens with zero attached hydrogens (tertiary/aromatic N) is 2. The number of likely N-dealkylation sites (tertiary alicyclic amines) is 1. The topological polar surface area (TPSA) is 68.3 Å². The van der Waals surface area contributed by atoms with Gasteiger partial charge in [0.1, 0.15) is 11.9 Å². The average molecular weight is 585 g/mol. The van der Waals surface area contributed by atoms with Gasteiger partial charge in [0, 0.05) is 54.7 Å². The molecule has 7 heteroatoms. The van der Waals surface area contributed by atoms with E-state index in [1.165, 1.54) is 6.92 Å². The monoisotopic (exact) mass is 584 g/mol. The maximum absolute atomic E-state index is 14.0. The lowest BCUT2D eigenvalue weighted by atomic mass is 9.50. The van der Waals surface area contributed by atoms with Crippen LogP contribution in [-0.4, -0.2) is 66.6 Å². The standard InChI is InChI=1S/C36H44N2O5/c1-7-16-37-17-15-36-27-12-13-28(38(21-22(2)3)32(40)14-11-25-10-8-9-23(4)18-25)35(36)43-34-31(41-6)20-30(42-24(5)39)26(33(34)36)19-29(27)37/h7-11,14,18,20,22,27-29,35H,1,12-13,15-17,19,21H2,2-6H3/t27-,28+,29+,35-,36-/m0/s1. The molecule has 228 valence electrons. The number of carbonyl (C=O) groups excluding carboxylic acids is 2.